The summed E-state index contributed by atoms with van der Waals surface area (Å²) >= 11 is 0. The Morgan fingerprint density at radius 1 is 1.60 bits per heavy atom. The Hall–Kier alpha value is -1.82. The molecule has 0 aliphatic rings. The topological polar surface area (TPSA) is 45.8 Å². The van der Waals surface area contributed by atoms with Gasteiger partial charge in [0.15, 0.2) is 0 Å². The van der Waals surface area contributed by atoms with E-state index in [1.807, 2.05) is 19.1 Å². The highest BCUT2D eigenvalue weighted by atomic mass is 16.1. The van der Waals surface area contributed by atoms with Crippen LogP contribution in [-0.2, 0) is 6.54 Å². The van der Waals surface area contributed by atoms with Gasteiger partial charge < -0.3 is 4.57 Å². The van der Waals surface area contributed by atoms with Gasteiger partial charge in [-0.25, -0.2) is 0 Å². The van der Waals surface area contributed by atoms with Crippen molar-refractivity contribution < 1.29 is 0 Å². The SMILES string of the molecule is C=CCCCn1c(C)ccc(C#N)c1=O. The van der Waals surface area contributed by atoms with Gasteiger partial charge in [0.2, 0.25) is 0 Å². The molecule has 0 saturated carbocycles. The maximum absolute atomic E-state index is 11.7. The number of hydrogen-bond acceptors (Lipinski definition) is 2. The van der Waals surface area contributed by atoms with Gasteiger partial charge in [-0.1, -0.05) is 6.08 Å². The van der Waals surface area contributed by atoms with Crippen molar-refractivity contribution in [2.45, 2.75) is 26.3 Å². The second-order valence-electron chi connectivity index (χ2n) is 3.39. The molecule has 1 rings (SSSR count). The smallest absolute Gasteiger partial charge is 0.268 e. The molecule has 0 bridgehead atoms. The number of unbranched alkanes of at least 4 members (excludes halogenated alkanes) is 1. The van der Waals surface area contributed by atoms with Crippen LogP contribution in [0.3, 0.4) is 0 Å². The Morgan fingerprint density at radius 3 is 2.93 bits per heavy atom. The molecule has 0 amide bonds. The standard InChI is InChI=1S/C12H14N2O/c1-3-4-5-8-14-10(2)6-7-11(9-13)12(14)15/h3,6-7H,1,4-5,8H2,2H3. The molecule has 0 aromatic carbocycles. The Bertz CT molecular complexity index is 452. The van der Waals surface area contributed by atoms with Gasteiger partial charge in [-0.2, -0.15) is 5.26 Å². The third-order valence-corrected chi connectivity index (χ3v) is 2.30. The van der Waals surface area contributed by atoms with Crippen molar-refractivity contribution in [3.05, 3.63) is 46.4 Å². The van der Waals surface area contributed by atoms with E-state index in [1.165, 1.54) is 0 Å². The van der Waals surface area contributed by atoms with Crippen molar-refractivity contribution in [1.29, 1.82) is 5.26 Å². The molecule has 0 atom stereocenters. The van der Waals surface area contributed by atoms with Gasteiger partial charge >= 0.3 is 0 Å². The summed E-state index contributed by atoms with van der Waals surface area (Å²) in [6, 6.07) is 5.27. The second-order valence-corrected chi connectivity index (χ2v) is 3.39. The number of nitrogens with zero attached hydrogens (tertiary/aromatic N) is 2. The van der Waals surface area contributed by atoms with E-state index in [0.717, 1.165) is 18.5 Å². The summed E-state index contributed by atoms with van der Waals surface area (Å²) in [7, 11) is 0. The Labute approximate surface area is 89.3 Å². The van der Waals surface area contributed by atoms with Gasteiger partial charge in [0.25, 0.3) is 5.56 Å². The minimum absolute atomic E-state index is 0.193. The van der Waals surface area contributed by atoms with Crippen LogP contribution in [-0.4, -0.2) is 4.57 Å². The fraction of sp³-hybridized carbons (Fsp3) is 0.333. The molecule has 0 saturated heterocycles. The maximum atomic E-state index is 11.7. The van der Waals surface area contributed by atoms with Crippen LogP contribution in [0.15, 0.2) is 29.6 Å². The molecule has 0 aliphatic carbocycles. The third-order valence-electron chi connectivity index (χ3n) is 2.30. The first-order valence-electron chi connectivity index (χ1n) is 4.92. The highest BCUT2D eigenvalue weighted by Gasteiger charge is 2.04. The summed E-state index contributed by atoms with van der Waals surface area (Å²) in [6.45, 7) is 6.15. The van der Waals surface area contributed by atoms with Gasteiger partial charge in [0.1, 0.15) is 11.6 Å². The van der Waals surface area contributed by atoms with Crippen LogP contribution in [0.2, 0.25) is 0 Å². The van der Waals surface area contributed by atoms with Crippen molar-refractivity contribution in [3.8, 4) is 6.07 Å². The van der Waals surface area contributed by atoms with Crippen molar-refractivity contribution >= 4 is 0 Å². The summed E-state index contributed by atoms with van der Waals surface area (Å²) in [4.78, 5) is 11.7. The van der Waals surface area contributed by atoms with Crippen molar-refractivity contribution in [1.82, 2.24) is 4.57 Å². The van der Waals surface area contributed by atoms with Crippen molar-refractivity contribution in [3.63, 3.8) is 0 Å². The lowest BCUT2D eigenvalue weighted by atomic mass is 10.2. The fourth-order valence-corrected chi connectivity index (χ4v) is 1.43. The number of aromatic nitrogens is 1. The normalized spacial score (nSPS) is 9.60. The molecule has 1 aromatic heterocycles. The molecule has 3 heteroatoms. The zero-order valence-corrected chi connectivity index (χ0v) is 8.86. The molecular weight excluding hydrogens is 188 g/mol. The van der Waals surface area contributed by atoms with Crippen molar-refractivity contribution in [2.24, 2.45) is 0 Å². The van der Waals surface area contributed by atoms with Gasteiger partial charge in [-0.3, -0.25) is 4.79 Å². The number of allylic oxidation sites excluding steroid dienone is 1. The predicted octanol–water partition coefficient (Wildman–Crippen LogP) is 1.99. The summed E-state index contributed by atoms with van der Waals surface area (Å²) < 4.78 is 1.64. The Balaban J connectivity index is 3.01. The minimum atomic E-state index is -0.193. The summed E-state index contributed by atoms with van der Waals surface area (Å²) in [5, 5.41) is 8.73. The molecule has 0 radical (unpaired) electrons. The summed E-state index contributed by atoms with van der Waals surface area (Å²) in [5.74, 6) is 0. The van der Waals surface area contributed by atoms with Crippen molar-refractivity contribution in [2.75, 3.05) is 0 Å². The maximum Gasteiger partial charge on any atom is 0.268 e. The Kier molecular flexibility index (Phi) is 3.87. The van der Waals surface area contributed by atoms with Gasteiger partial charge in [-0.15, -0.1) is 6.58 Å². The van der Waals surface area contributed by atoms with Crippen LogP contribution < -0.4 is 5.56 Å². The number of pyridine rings is 1. The Morgan fingerprint density at radius 2 is 2.33 bits per heavy atom. The second kappa shape index (κ2) is 5.16. The summed E-state index contributed by atoms with van der Waals surface area (Å²) in [6.07, 6.45) is 3.58. The zero-order chi connectivity index (χ0) is 11.3. The van der Waals surface area contributed by atoms with Crippen LogP contribution in [0.1, 0.15) is 24.1 Å². The van der Waals surface area contributed by atoms with Crippen LogP contribution in [0.5, 0.6) is 0 Å². The average molecular weight is 202 g/mol. The van der Waals surface area contributed by atoms with E-state index >= 15 is 0 Å². The molecule has 15 heavy (non-hydrogen) atoms. The van der Waals surface area contributed by atoms with E-state index in [-0.39, 0.29) is 11.1 Å². The van der Waals surface area contributed by atoms with Crippen LogP contribution in [0, 0.1) is 18.3 Å². The van der Waals surface area contributed by atoms with E-state index < -0.39 is 0 Å². The molecule has 0 N–H and O–H groups in total. The summed E-state index contributed by atoms with van der Waals surface area (Å²) in [5.41, 5.74) is 0.906. The lowest BCUT2D eigenvalue weighted by Gasteiger charge is -2.08. The van der Waals surface area contributed by atoms with Crippen LogP contribution in [0.25, 0.3) is 0 Å². The lowest BCUT2D eigenvalue weighted by Crippen LogP contribution is -2.24. The molecule has 0 aliphatic heterocycles. The van der Waals surface area contributed by atoms with E-state index in [4.69, 9.17) is 5.26 Å². The predicted molar refractivity (Wildman–Crippen MR) is 59.6 cm³/mol. The van der Waals surface area contributed by atoms with Gasteiger partial charge in [0.05, 0.1) is 0 Å². The molecule has 3 nitrogen and oxygen atoms in total. The van der Waals surface area contributed by atoms with E-state index in [1.54, 1.807) is 16.7 Å². The largest absolute Gasteiger partial charge is 0.312 e. The number of aryl methyl sites for hydroxylation is 1. The molecule has 78 valence electrons. The average Bonchev–Trinajstić information content (AvgIpc) is 2.23. The van der Waals surface area contributed by atoms with E-state index in [9.17, 15) is 4.79 Å². The number of nitriles is 1. The zero-order valence-electron chi connectivity index (χ0n) is 8.86. The number of hydrogen-bond donors (Lipinski definition) is 0. The quantitative estimate of drug-likeness (QED) is 0.553. The highest BCUT2D eigenvalue weighted by molar-refractivity contribution is 5.27. The fourth-order valence-electron chi connectivity index (χ4n) is 1.43. The van der Waals surface area contributed by atoms with Crippen LogP contribution in [0.4, 0.5) is 0 Å². The van der Waals surface area contributed by atoms with Gasteiger partial charge in [-0.05, 0) is 31.9 Å². The molecule has 1 aromatic rings. The third kappa shape index (κ3) is 2.57. The molecular formula is C12H14N2O. The lowest BCUT2D eigenvalue weighted by molar-refractivity contribution is 0.612. The number of rotatable bonds is 4. The first-order chi connectivity index (χ1) is 7.20. The minimum Gasteiger partial charge on any atom is -0.312 e. The first-order valence-corrected chi connectivity index (χ1v) is 4.92. The van der Waals surface area contributed by atoms with Crippen LogP contribution >= 0.6 is 0 Å². The molecule has 1 heterocycles. The molecule has 0 spiro atoms. The van der Waals surface area contributed by atoms with E-state index in [0.29, 0.717) is 6.54 Å². The highest BCUT2D eigenvalue weighted by Crippen LogP contribution is 2.00. The monoisotopic (exact) mass is 202 g/mol. The first kappa shape index (κ1) is 11.3. The van der Waals surface area contributed by atoms with Gasteiger partial charge in [0, 0.05) is 12.2 Å². The molecule has 0 unspecified atom stereocenters. The van der Waals surface area contributed by atoms with E-state index in [2.05, 4.69) is 6.58 Å². The molecule has 0 fully saturated rings.